The van der Waals surface area contributed by atoms with Gasteiger partial charge in [0.2, 0.25) is 0 Å². The van der Waals surface area contributed by atoms with Gasteiger partial charge < -0.3 is 5.32 Å². The lowest BCUT2D eigenvalue weighted by Gasteiger charge is -2.24. The summed E-state index contributed by atoms with van der Waals surface area (Å²) in [6.45, 7) is 2.93. The Morgan fingerprint density at radius 3 is 2.89 bits per heavy atom. The lowest BCUT2D eigenvalue weighted by Crippen LogP contribution is -2.25. The van der Waals surface area contributed by atoms with Crippen LogP contribution in [-0.4, -0.2) is 22.5 Å². The minimum absolute atomic E-state index is 0.0972. The number of thioether (sulfide) groups is 1. The van der Waals surface area contributed by atoms with Crippen LogP contribution >= 0.6 is 11.8 Å². The first-order valence-electron chi connectivity index (χ1n) is 7.25. The van der Waals surface area contributed by atoms with Crippen molar-refractivity contribution in [2.24, 2.45) is 0 Å². The van der Waals surface area contributed by atoms with Crippen LogP contribution in [0, 0.1) is 5.82 Å². The van der Waals surface area contributed by atoms with Crippen molar-refractivity contribution < 1.29 is 4.39 Å². The quantitative estimate of drug-likeness (QED) is 0.855. The Bertz CT molecular complexity index is 380. The molecule has 1 aliphatic carbocycles. The first-order chi connectivity index (χ1) is 9.31. The van der Waals surface area contributed by atoms with E-state index in [1.807, 2.05) is 11.8 Å². The molecule has 2 nitrogen and oxygen atoms in total. The highest BCUT2D eigenvalue weighted by atomic mass is 32.2. The normalized spacial score (nSPS) is 18.4. The molecule has 106 valence electrons. The number of pyridine rings is 1. The summed E-state index contributed by atoms with van der Waals surface area (Å²) >= 11 is 2.00. The molecule has 0 aliphatic heterocycles. The van der Waals surface area contributed by atoms with Crippen LogP contribution in [0.15, 0.2) is 18.5 Å². The van der Waals surface area contributed by atoms with Gasteiger partial charge in [-0.3, -0.25) is 4.98 Å². The Labute approximate surface area is 119 Å². The number of nitrogens with one attached hydrogen (secondary N) is 1. The number of hydrogen-bond donors (Lipinski definition) is 1. The highest BCUT2D eigenvalue weighted by Gasteiger charge is 2.19. The summed E-state index contributed by atoms with van der Waals surface area (Å²) in [5.74, 6) is 0.747. The number of aromatic nitrogens is 1. The zero-order valence-electron chi connectivity index (χ0n) is 11.6. The molecule has 1 aromatic rings. The molecule has 2 rings (SSSR count). The van der Waals surface area contributed by atoms with E-state index in [9.17, 15) is 4.39 Å². The second-order valence-electron chi connectivity index (χ2n) is 5.10. The minimum Gasteiger partial charge on any atom is -0.309 e. The number of halogens is 1. The average molecular weight is 282 g/mol. The molecule has 0 aromatic carbocycles. The summed E-state index contributed by atoms with van der Waals surface area (Å²) in [5.41, 5.74) is 0.750. The van der Waals surface area contributed by atoms with Crippen LogP contribution in [0.5, 0.6) is 0 Å². The topological polar surface area (TPSA) is 24.9 Å². The molecule has 0 bridgehead atoms. The molecule has 0 saturated heterocycles. The fraction of sp³-hybridized carbons (Fsp3) is 0.667. The Morgan fingerprint density at radius 2 is 2.21 bits per heavy atom. The summed E-state index contributed by atoms with van der Waals surface area (Å²) < 4.78 is 13.8. The molecule has 1 unspecified atom stereocenters. The first-order valence-corrected chi connectivity index (χ1v) is 8.30. The highest BCUT2D eigenvalue weighted by Crippen LogP contribution is 2.31. The van der Waals surface area contributed by atoms with E-state index in [0.717, 1.165) is 23.1 Å². The fourth-order valence-corrected chi connectivity index (χ4v) is 4.07. The molecular formula is C15H23FN2S. The van der Waals surface area contributed by atoms with Gasteiger partial charge in [-0.15, -0.1) is 0 Å². The molecule has 1 aromatic heterocycles. The summed E-state index contributed by atoms with van der Waals surface area (Å²) in [4.78, 5) is 3.83. The van der Waals surface area contributed by atoms with Crippen LogP contribution in [0.25, 0.3) is 0 Å². The van der Waals surface area contributed by atoms with Gasteiger partial charge in [0.25, 0.3) is 0 Å². The lowest BCUT2D eigenvalue weighted by atomic mass is 10.0. The van der Waals surface area contributed by atoms with E-state index in [4.69, 9.17) is 0 Å². The summed E-state index contributed by atoms with van der Waals surface area (Å²) in [7, 11) is 0. The second kappa shape index (κ2) is 7.85. The van der Waals surface area contributed by atoms with Crippen LogP contribution in [0.3, 0.4) is 0 Å². The van der Waals surface area contributed by atoms with Gasteiger partial charge in [0.15, 0.2) is 0 Å². The lowest BCUT2D eigenvalue weighted by molar-refractivity contribution is 0.511. The van der Waals surface area contributed by atoms with E-state index in [2.05, 4.69) is 17.2 Å². The molecule has 0 spiro atoms. The summed E-state index contributed by atoms with van der Waals surface area (Å²) in [5, 5.41) is 4.15. The van der Waals surface area contributed by atoms with Crippen molar-refractivity contribution in [3.63, 3.8) is 0 Å². The van der Waals surface area contributed by atoms with Gasteiger partial charge in [-0.2, -0.15) is 11.8 Å². The Morgan fingerprint density at radius 1 is 1.42 bits per heavy atom. The maximum absolute atomic E-state index is 13.8. The van der Waals surface area contributed by atoms with Gasteiger partial charge in [0.05, 0.1) is 6.20 Å². The molecule has 0 radical (unpaired) electrons. The molecule has 1 saturated carbocycles. The zero-order chi connectivity index (χ0) is 13.5. The van der Waals surface area contributed by atoms with Crippen LogP contribution < -0.4 is 5.32 Å². The van der Waals surface area contributed by atoms with E-state index in [1.165, 1.54) is 38.3 Å². The van der Waals surface area contributed by atoms with E-state index < -0.39 is 0 Å². The molecule has 4 heteroatoms. The molecule has 0 amide bonds. The van der Waals surface area contributed by atoms with Gasteiger partial charge >= 0.3 is 0 Å². The zero-order valence-corrected chi connectivity index (χ0v) is 12.4. The average Bonchev–Trinajstić information content (AvgIpc) is 2.45. The van der Waals surface area contributed by atoms with Gasteiger partial charge in [0, 0.05) is 28.8 Å². The van der Waals surface area contributed by atoms with Crippen molar-refractivity contribution in [2.45, 2.75) is 50.3 Å². The second-order valence-corrected chi connectivity index (χ2v) is 6.43. The van der Waals surface area contributed by atoms with Gasteiger partial charge in [0.1, 0.15) is 5.82 Å². The van der Waals surface area contributed by atoms with Gasteiger partial charge in [-0.1, -0.05) is 26.2 Å². The van der Waals surface area contributed by atoms with Gasteiger partial charge in [-0.05, 0) is 25.5 Å². The summed E-state index contributed by atoms with van der Waals surface area (Å²) in [6, 6.07) is 1.89. The van der Waals surface area contributed by atoms with Gasteiger partial charge in [-0.25, -0.2) is 4.39 Å². The van der Waals surface area contributed by atoms with E-state index in [-0.39, 0.29) is 11.9 Å². The molecule has 1 heterocycles. The fourth-order valence-electron chi connectivity index (χ4n) is 2.64. The maximum Gasteiger partial charge on any atom is 0.146 e. The minimum atomic E-state index is -0.197. The Kier molecular flexibility index (Phi) is 6.11. The van der Waals surface area contributed by atoms with Crippen molar-refractivity contribution in [1.82, 2.24) is 10.3 Å². The van der Waals surface area contributed by atoms with E-state index in [0.29, 0.717) is 0 Å². The number of nitrogens with zero attached hydrogens (tertiary/aromatic N) is 1. The molecule has 1 atom stereocenters. The third-order valence-corrected chi connectivity index (χ3v) is 5.15. The predicted octanol–water partition coefficient (Wildman–Crippen LogP) is 3.94. The summed E-state index contributed by atoms with van der Waals surface area (Å²) in [6.07, 6.45) is 9.72. The number of hydrogen-bond acceptors (Lipinski definition) is 3. The third-order valence-electron chi connectivity index (χ3n) is 3.68. The van der Waals surface area contributed by atoms with E-state index >= 15 is 0 Å². The SMILES string of the molecule is CCNC(CSC1CCCCC1)c1ccncc1F. The van der Waals surface area contributed by atoms with Crippen molar-refractivity contribution in [3.05, 3.63) is 29.8 Å². The Balaban J connectivity index is 1.94. The van der Waals surface area contributed by atoms with Crippen molar-refractivity contribution >= 4 is 11.8 Å². The molecule has 1 aliphatic rings. The third kappa shape index (κ3) is 4.46. The molecule has 19 heavy (non-hydrogen) atoms. The largest absolute Gasteiger partial charge is 0.309 e. The maximum atomic E-state index is 13.8. The Hall–Kier alpha value is -0.610. The van der Waals surface area contributed by atoms with Crippen molar-refractivity contribution in [1.29, 1.82) is 0 Å². The van der Waals surface area contributed by atoms with Crippen LogP contribution in [0.2, 0.25) is 0 Å². The predicted molar refractivity (Wildman–Crippen MR) is 79.9 cm³/mol. The number of rotatable bonds is 6. The van der Waals surface area contributed by atoms with Crippen molar-refractivity contribution in [3.8, 4) is 0 Å². The first kappa shape index (κ1) is 14.8. The van der Waals surface area contributed by atoms with Crippen molar-refractivity contribution in [2.75, 3.05) is 12.3 Å². The standard InChI is InChI=1S/C15H23FN2S/c1-2-18-15(13-8-9-17-10-14(13)16)11-19-12-6-4-3-5-7-12/h8-10,12,15,18H,2-7,11H2,1H3. The highest BCUT2D eigenvalue weighted by molar-refractivity contribution is 7.99. The molecule has 1 fully saturated rings. The van der Waals surface area contributed by atoms with Crippen LogP contribution in [0.4, 0.5) is 4.39 Å². The smallest absolute Gasteiger partial charge is 0.146 e. The van der Waals surface area contributed by atoms with Crippen LogP contribution in [-0.2, 0) is 0 Å². The van der Waals surface area contributed by atoms with Crippen LogP contribution in [0.1, 0.15) is 50.6 Å². The van der Waals surface area contributed by atoms with E-state index in [1.54, 1.807) is 12.3 Å². The molecular weight excluding hydrogens is 259 g/mol. The molecule has 1 N–H and O–H groups in total. The monoisotopic (exact) mass is 282 g/mol.